The van der Waals surface area contributed by atoms with Crippen LogP contribution in [0, 0.1) is 0 Å². The molecule has 43 heavy (non-hydrogen) atoms. The standard InChI is InChI=1S/C39H28B2N2/c1-39(2)27-17-11-21-32-35(27)41-36-28(39)23-24-34-38(36)40(29-18-9-10-20-31(29)42(34)25-13-5-3-6-14-25)30-19-12-22-33(37(30)41)43(32)26-15-7-4-8-16-26/h3-24H,1-2H3. The number of para-hydroxylation sites is 3. The van der Waals surface area contributed by atoms with Crippen LogP contribution >= 0.6 is 0 Å². The summed E-state index contributed by atoms with van der Waals surface area (Å²) in [5.74, 6) is 0. The third kappa shape index (κ3) is 2.82. The number of rotatable bonds is 2. The van der Waals surface area contributed by atoms with E-state index in [9.17, 15) is 0 Å². The average Bonchev–Trinajstić information content (AvgIpc) is 3.05. The van der Waals surface area contributed by atoms with Gasteiger partial charge in [0.05, 0.1) is 0 Å². The molecular formula is C39H28B2N2. The van der Waals surface area contributed by atoms with E-state index in [2.05, 4.69) is 157 Å². The zero-order valence-corrected chi connectivity index (χ0v) is 24.3. The highest BCUT2D eigenvalue weighted by atomic mass is 15.2. The van der Waals surface area contributed by atoms with E-state index in [4.69, 9.17) is 0 Å². The van der Waals surface area contributed by atoms with Crippen molar-refractivity contribution in [2.24, 2.45) is 0 Å². The van der Waals surface area contributed by atoms with Crippen molar-refractivity contribution >= 4 is 80.3 Å². The van der Waals surface area contributed by atoms with E-state index in [1.807, 2.05) is 0 Å². The fourth-order valence-corrected chi connectivity index (χ4v) is 8.87. The molecule has 4 aliphatic heterocycles. The molecule has 4 aliphatic rings. The zero-order valence-electron chi connectivity index (χ0n) is 24.3. The topological polar surface area (TPSA) is 6.48 Å². The minimum atomic E-state index is -0.128. The Morgan fingerprint density at radius 1 is 0.395 bits per heavy atom. The molecule has 0 spiro atoms. The van der Waals surface area contributed by atoms with Crippen LogP contribution in [-0.2, 0) is 5.41 Å². The van der Waals surface area contributed by atoms with Crippen molar-refractivity contribution in [2.45, 2.75) is 19.3 Å². The van der Waals surface area contributed by atoms with E-state index < -0.39 is 0 Å². The van der Waals surface area contributed by atoms with Crippen molar-refractivity contribution in [2.75, 3.05) is 9.80 Å². The van der Waals surface area contributed by atoms with E-state index in [0.29, 0.717) is 0 Å². The summed E-state index contributed by atoms with van der Waals surface area (Å²) in [7, 11) is 0. The molecule has 0 unspecified atom stereocenters. The van der Waals surface area contributed by atoms with Crippen LogP contribution in [0.5, 0.6) is 0 Å². The number of hydrogen-bond acceptors (Lipinski definition) is 2. The van der Waals surface area contributed by atoms with E-state index in [0.717, 1.165) is 0 Å². The molecule has 0 saturated heterocycles. The minimum Gasteiger partial charge on any atom is -0.312 e. The Labute approximate surface area is 253 Å². The number of benzene rings is 6. The predicted molar refractivity (Wildman–Crippen MR) is 184 cm³/mol. The van der Waals surface area contributed by atoms with Crippen molar-refractivity contribution in [1.82, 2.24) is 0 Å². The smallest absolute Gasteiger partial charge is 0.246 e. The Morgan fingerprint density at radius 2 is 0.930 bits per heavy atom. The lowest BCUT2D eigenvalue weighted by Gasteiger charge is -2.51. The Hall–Kier alpha value is -4.95. The molecule has 0 amide bonds. The van der Waals surface area contributed by atoms with Crippen LogP contribution in [0.15, 0.2) is 133 Å². The molecule has 0 aromatic heterocycles. The fraction of sp³-hybridized carbons (Fsp3) is 0.0769. The number of fused-ring (bicyclic) bond motifs is 3. The first-order valence-corrected chi connectivity index (χ1v) is 15.4. The summed E-state index contributed by atoms with van der Waals surface area (Å²) < 4.78 is 0. The monoisotopic (exact) mass is 546 g/mol. The van der Waals surface area contributed by atoms with E-state index >= 15 is 0 Å². The van der Waals surface area contributed by atoms with Gasteiger partial charge in [0.15, 0.2) is 0 Å². The van der Waals surface area contributed by atoms with Gasteiger partial charge in [-0.05, 0) is 81.5 Å². The lowest BCUT2D eigenvalue weighted by molar-refractivity contribution is 0.646. The minimum absolute atomic E-state index is 0.128. The molecule has 0 N–H and O–H groups in total. The van der Waals surface area contributed by atoms with E-state index in [1.54, 1.807) is 0 Å². The summed E-state index contributed by atoms with van der Waals surface area (Å²) in [5, 5.41) is 0. The average molecular weight is 546 g/mol. The van der Waals surface area contributed by atoms with Crippen LogP contribution in [0.3, 0.4) is 0 Å². The molecule has 4 heterocycles. The highest BCUT2D eigenvalue weighted by Gasteiger charge is 2.54. The number of nitrogens with zero attached hydrogens (tertiary/aromatic N) is 2. The molecule has 10 rings (SSSR count). The third-order valence-electron chi connectivity index (χ3n) is 10.5. The second-order valence-corrected chi connectivity index (χ2v) is 12.9. The third-order valence-corrected chi connectivity index (χ3v) is 10.5. The maximum atomic E-state index is 2.52. The van der Waals surface area contributed by atoms with Crippen LogP contribution in [0.2, 0.25) is 0 Å². The largest absolute Gasteiger partial charge is 0.312 e. The van der Waals surface area contributed by atoms with E-state index in [1.165, 1.54) is 78.0 Å². The van der Waals surface area contributed by atoms with Gasteiger partial charge in [-0.1, -0.05) is 110 Å². The van der Waals surface area contributed by atoms with Gasteiger partial charge < -0.3 is 9.80 Å². The Kier molecular flexibility index (Phi) is 4.45. The summed E-state index contributed by atoms with van der Waals surface area (Å²) in [6, 6.07) is 49.8. The molecule has 0 saturated carbocycles. The van der Waals surface area contributed by atoms with Crippen LogP contribution in [0.1, 0.15) is 25.0 Å². The molecule has 2 nitrogen and oxygen atoms in total. The first kappa shape index (κ1) is 23.6. The molecule has 0 fully saturated rings. The molecule has 200 valence electrons. The molecule has 0 radical (unpaired) electrons. The maximum absolute atomic E-state index is 2.52. The van der Waals surface area contributed by atoms with Crippen LogP contribution in [0.4, 0.5) is 34.1 Å². The second kappa shape index (κ2) is 8.11. The van der Waals surface area contributed by atoms with Crippen LogP contribution in [-0.4, -0.2) is 13.4 Å². The van der Waals surface area contributed by atoms with Gasteiger partial charge in [0.2, 0.25) is 13.4 Å². The van der Waals surface area contributed by atoms with Crippen LogP contribution < -0.4 is 42.6 Å². The molecule has 0 bridgehead atoms. The number of anilines is 6. The first-order valence-electron chi connectivity index (χ1n) is 15.4. The summed E-state index contributed by atoms with van der Waals surface area (Å²) in [5.41, 5.74) is 19.2. The summed E-state index contributed by atoms with van der Waals surface area (Å²) in [4.78, 5) is 5.03. The molecule has 6 aromatic rings. The Balaban J connectivity index is 1.38. The highest BCUT2D eigenvalue weighted by molar-refractivity contribution is 7.14. The lowest BCUT2D eigenvalue weighted by Crippen LogP contribution is -2.80. The zero-order chi connectivity index (χ0) is 28.4. The van der Waals surface area contributed by atoms with Crippen molar-refractivity contribution in [3.05, 3.63) is 145 Å². The predicted octanol–water partition coefficient (Wildman–Crippen LogP) is 5.24. The molecule has 0 aliphatic carbocycles. The molecular weight excluding hydrogens is 518 g/mol. The van der Waals surface area contributed by atoms with Crippen LogP contribution in [0.25, 0.3) is 0 Å². The molecule has 0 atom stereocenters. The highest BCUT2D eigenvalue weighted by Crippen LogP contribution is 2.44. The Bertz CT molecular complexity index is 2140. The van der Waals surface area contributed by atoms with Gasteiger partial charge >= 0.3 is 0 Å². The van der Waals surface area contributed by atoms with Gasteiger partial charge in [-0.2, -0.15) is 0 Å². The second-order valence-electron chi connectivity index (χ2n) is 12.9. The quantitative estimate of drug-likeness (QED) is 0.274. The van der Waals surface area contributed by atoms with Gasteiger partial charge in [0, 0.05) is 39.5 Å². The lowest BCUT2D eigenvalue weighted by atomic mass is 9.17. The first-order chi connectivity index (χ1) is 21.1. The fourth-order valence-electron chi connectivity index (χ4n) is 8.87. The van der Waals surface area contributed by atoms with Gasteiger partial charge in [-0.15, -0.1) is 0 Å². The molecule has 6 aromatic carbocycles. The van der Waals surface area contributed by atoms with Crippen molar-refractivity contribution in [3.63, 3.8) is 0 Å². The maximum Gasteiger partial charge on any atom is 0.246 e. The Morgan fingerprint density at radius 3 is 1.67 bits per heavy atom. The summed E-state index contributed by atoms with van der Waals surface area (Å²) >= 11 is 0. The van der Waals surface area contributed by atoms with Gasteiger partial charge in [0.25, 0.3) is 0 Å². The van der Waals surface area contributed by atoms with Gasteiger partial charge in [0.1, 0.15) is 0 Å². The van der Waals surface area contributed by atoms with Gasteiger partial charge in [-0.25, -0.2) is 0 Å². The summed E-state index contributed by atoms with van der Waals surface area (Å²) in [6.07, 6.45) is 0. The van der Waals surface area contributed by atoms with Crippen molar-refractivity contribution in [1.29, 1.82) is 0 Å². The SMILES string of the molecule is CC1(C)c2cccc3c2B2c4c(cccc4N3c3ccccc3)B3c4ccccc4N(c4ccccc4)c4ccc1c2c43. The molecule has 4 heteroatoms. The normalized spacial score (nSPS) is 15.7. The number of hydrogen-bond donors (Lipinski definition) is 0. The van der Waals surface area contributed by atoms with E-state index in [-0.39, 0.29) is 18.8 Å². The van der Waals surface area contributed by atoms with Crippen molar-refractivity contribution < 1.29 is 0 Å². The van der Waals surface area contributed by atoms with Crippen molar-refractivity contribution in [3.8, 4) is 0 Å². The summed E-state index contributed by atoms with van der Waals surface area (Å²) in [6.45, 7) is 5.24. The van der Waals surface area contributed by atoms with Gasteiger partial charge in [-0.3, -0.25) is 0 Å².